The molecule has 5 nitrogen and oxygen atoms in total. The van der Waals surface area contributed by atoms with Crippen molar-refractivity contribution in [2.24, 2.45) is 0 Å². The van der Waals surface area contributed by atoms with Crippen LogP contribution in [0.25, 0.3) is 22.2 Å². The van der Waals surface area contributed by atoms with E-state index in [1.807, 2.05) is 52.9 Å². The Hall–Kier alpha value is -3.60. The summed E-state index contributed by atoms with van der Waals surface area (Å²) in [5, 5.41) is 5.55. The first-order chi connectivity index (χ1) is 14.2. The van der Waals surface area contributed by atoms with Crippen LogP contribution in [0.1, 0.15) is 28.0 Å². The van der Waals surface area contributed by atoms with Crippen LogP contribution >= 0.6 is 0 Å². The Bertz CT molecular complexity index is 1210. The highest BCUT2D eigenvalue weighted by Crippen LogP contribution is 2.29. The predicted octanol–water partition coefficient (Wildman–Crippen LogP) is 4.59. The molecule has 144 valence electrons. The minimum atomic E-state index is 0.0722. The van der Waals surface area contributed by atoms with Gasteiger partial charge in [0.1, 0.15) is 0 Å². The van der Waals surface area contributed by atoms with Crippen LogP contribution in [0.4, 0.5) is 0 Å². The van der Waals surface area contributed by atoms with Crippen molar-refractivity contribution < 1.29 is 4.79 Å². The van der Waals surface area contributed by atoms with Crippen LogP contribution in [-0.4, -0.2) is 38.7 Å². The van der Waals surface area contributed by atoms with Crippen LogP contribution in [0.3, 0.4) is 0 Å². The third-order valence-corrected chi connectivity index (χ3v) is 5.62. The molecule has 4 aromatic rings. The Balaban J connectivity index is 1.32. The molecule has 2 aromatic carbocycles. The Labute approximate surface area is 169 Å². The third-order valence-electron chi connectivity index (χ3n) is 5.62. The number of aromatic amines is 1. The summed E-state index contributed by atoms with van der Waals surface area (Å²) in [6.07, 6.45) is 6.89. The zero-order chi connectivity index (χ0) is 19.8. The molecule has 2 aromatic heterocycles. The molecule has 3 heterocycles. The van der Waals surface area contributed by atoms with Crippen LogP contribution in [0.15, 0.2) is 73.1 Å². The molecule has 0 radical (unpaired) electrons. The molecular formula is C24H22N4O. The quantitative estimate of drug-likeness (QED) is 0.563. The normalized spacial score (nSPS) is 14.2. The molecular weight excluding hydrogens is 360 g/mol. The van der Waals surface area contributed by atoms with Crippen LogP contribution in [0.5, 0.6) is 0 Å². The second-order valence-corrected chi connectivity index (χ2v) is 7.41. The Morgan fingerprint density at radius 3 is 2.62 bits per heavy atom. The van der Waals surface area contributed by atoms with Crippen molar-refractivity contribution in [1.29, 1.82) is 0 Å². The molecule has 0 atom stereocenters. The van der Waals surface area contributed by atoms with Crippen molar-refractivity contribution >= 4 is 22.4 Å². The average Bonchev–Trinajstić information content (AvgIpc) is 3.40. The smallest absolute Gasteiger partial charge is 0.254 e. The number of fused-ring (bicyclic) bond motifs is 1. The van der Waals surface area contributed by atoms with Gasteiger partial charge in [-0.2, -0.15) is 5.10 Å². The summed E-state index contributed by atoms with van der Waals surface area (Å²) in [6, 6.07) is 18.0. The molecule has 5 heteroatoms. The number of carbonyl (C=O) groups is 1. The number of hydrogen-bond acceptors (Lipinski definition) is 2. The Kier molecular flexibility index (Phi) is 4.28. The molecule has 0 bridgehead atoms. The molecule has 1 amide bonds. The zero-order valence-corrected chi connectivity index (χ0v) is 16.3. The SMILES string of the molecule is Cc1ccnn1-c1ccc(C(=O)N2CC=C(c3c[nH]c4ccccc34)CC2)cc1. The van der Waals surface area contributed by atoms with Crippen LogP contribution in [-0.2, 0) is 0 Å². The van der Waals surface area contributed by atoms with E-state index < -0.39 is 0 Å². The fourth-order valence-corrected chi connectivity index (χ4v) is 4.00. The topological polar surface area (TPSA) is 53.9 Å². The van der Waals surface area contributed by atoms with Crippen molar-refractivity contribution in [3.8, 4) is 5.69 Å². The summed E-state index contributed by atoms with van der Waals surface area (Å²) in [7, 11) is 0. The fraction of sp³-hybridized carbons (Fsp3) is 0.167. The third kappa shape index (κ3) is 3.14. The number of nitrogens with one attached hydrogen (secondary N) is 1. The predicted molar refractivity (Wildman–Crippen MR) is 115 cm³/mol. The van der Waals surface area contributed by atoms with Gasteiger partial charge in [0.05, 0.1) is 5.69 Å². The van der Waals surface area contributed by atoms with E-state index in [0.717, 1.165) is 29.9 Å². The number of aromatic nitrogens is 3. The standard InChI is InChI=1S/C24H22N4O/c1-17-10-13-26-28(17)20-8-6-19(7-9-20)24(29)27-14-11-18(12-15-27)22-16-25-23-5-3-2-4-21(22)23/h2-11,13,16,25H,12,14-15H2,1H3. The number of rotatable bonds is 3. The van der Waals surface area contributed by atoms with E-state index >= 15 is 0 Å². The molecule has 0 unspecified atom stereocenters. The first kappa shape index (κ1) is 17.5. The summed E-state index contributed by atoms with van der Waals surface area (Å²) in [6.45, 7) is 3.37. The molecule has 1 aliphatic heterocycles. The molecule has 0 aliphatic carbocycles. The van der Waals surface area contributed by atoms with Gasteiger partial charge in [-0.25, -0.2) is 4.68 Å². The molecule has 0 spiro atoms. The van der Waals surface area contributed by atoms with E-state index in [2.05, 4.69) is 40.6 Å². The largest absolute Gasteiger partial charge is 0.361 e. The monoisotopic (exact) mass is 382 g/mol. The number of para-hydroxylation sites is 1. The van der Waals surface area contributed by atoms with E-state index in [4.69, 9.17) is 0 Å². The number of benzene rings is 2. The van der Waals surface area contributed by atoms with Crippen molar-refractivity contribution in [1.82, 2.24) is 19.7 Å². The second kappa shape index (κ2) is 7.09. The van der Waals surface area contributed by atoms with Gasteiger partial charge in [0.2, 0.25) is 0 Å². The fourth-order valence-electron chi connectivity index (χ4n) is 4.00. The lowest BCUT2D eigenvalue weighted by atomic mass is 9.98. The highest BCUT2D eigenvalue weighted by atomic mass is 16.2. The number of H-pyrrole nitrogens is 1. The lowest BCUT2D eigenvalue weighted by molar-refractivity contribution is 0.0773. The first-order valence-electron chi connectivity index (χ1n) is 9.86. The maximum absolute atomic E-state index is 12.9. The van der Waals surface area contributed by atoms with Gasteiger partial charge >= 0.3 is 0 Å². The van der Waals surface area contributed by atoms with Crippen molar-refractivity contribution in [2.45, 2.75) is 13.3 Å². The molecule has 1 aliphatic rings. The number of carbonyl (C=O) groups excluding carboxylic acids is 1. The minimum Gasteiger partial charge on any atom is -0.361 e. The van der Waals surface area contributed by atoms with Gasteiger partial charge in [0.25, 0.3) is 5.91 Å². The number of hydrogen-bond donors (Lipinski definition) is 1. The van der Waals surface area contributed by atoms with E-state index in [1.54, 1.807) is 6.20 Å². The van der Waals surface area contributed by atoms with E-state index in [9.17, 15) is 4.79 Å². The molecule has 0 fully saturated rings. The zero-order valence-electron chi connectivity index (χ0n) is 16.3. The number of amides is 1. The molecule has 0 saturated heterocycles. The van der Waals surface area contributed by atoms with Gasteiger partial charge in [-0.1, -0.05) is 24.3 Å². The Morgan fingerprint density at radius 1 is 1.07 bits per heavy atom. The minimum absolute atomic E-state index is 0.0722. The van der Waals surface area contributed by atoms with Crippen LogP contribution < -0.4 is 0 Å². The van der Waals surface area contributed by atoms with Gasteiger partial charge in [-0.15, -0.1) is 0 Å². The summed E-state index contributed by atoms with van der Waals surface area (Å²) in [4.78, 5) is 18.2. The van der Waals surface area contributed by atoms with Gasteiger partial charge in [-0.3, -0.25) is 4.79 Å². The van der Waals surface area contributed by atoms with Crippen molar-refractivity contribution in [3.63, 3.8) is 0 Å². The second-order valence-electron chi connectivity index (χ2n) is 7.41. The first-order valence-corrected chi connectivity index (χ1v) is 9.86. The maximum Gasteiger partial charge on any atom is 0.254 e. The Morgan fingerprint density at radius 2 is 1.90 bits per heavy atom. The molecule has 0 saturated carbocycles. The summed E-state index contributed by atoms with van der Waals surface area (Å²) in [5.74, 6) is 0.0722. The van der Waals surface area contributed by atoms with Gasteiger partial charge in [0, 0.05) is 53.2 Å². The van der Waals surface area contributed by atoms with Gasteiger partial charge < -0.3 is 9.88 Å². The van der Waals surface area contributed by atoms with E-state index in [1.165, 1.54) is 16.5 Å². The lowest BCUT2D eigenvalue weighted by Gasteiger charge is -2.26. The highest BCUT2D eigenvalue weighted by molar-refractivity contribution is 5.96. The van der Waals surface area contributed by atoms with Crippen molar-refractivity contribution in [3.05, 3.63) is 89.9 Å². The van der Waals surface area contributed by atoms with Crippen LogP contribution in [0, 0.1) is 6.92 Å². The number of aryl methyl sites for hydroxylation is 1. The highest BCUT2D eigenvalue weighted by Gasteiger charge is 2.20. The lowest BCUT2D eigenvalue weighted by Crippen LogP contribution is -2.34. The van der Waals surface area contributed by atoms with Gasteiger partial charge in [-0.05, 0) is 55.3 Å². The summed E-state index contributed by atoms with van der Waals surface area (Å²) >= 11 is 0. The van der Waals surface area contributed by atoms with Crippen LogP contribution in [0.2, 0.25) is 0 Å². The van der Waals surface area contributed by atoms with E-state index in [-0.39, 0.29) is 5.91 Å². The molecule has 5 rings (SSSR count). The maximum atomic E-state index is 12.9. The molecule has 1 N–H and O–H groups in total. The van der Waals surface area contributed by atoms with Gasteiger partial charge in [0.15, 0.2) is 0 Å². The van der Waals surface area contributed by atoms with E-state index in [0.29, 0.717) is 12.1 Å². The average molecular weight is 382 g/mol. The van der Waals surface area contributed by atoms with Crippen molar-refractivity contribution in [2.75, 3.05) is 13.1 Å². The summed E-state index contributed by atoms with van der Waals surface area (Å²) in [5.41, 5.74) is 6.43. The number of nitrogens with zero attached hydrogens (tertiary/aromatic N) is 3. The molecule has 29 heavy (non-hydrogen) atoms. The summed E-state index contributed by atoms with van der Waals surface area (Å²) < 4.78 is 1.87.